The van der Waals surface area contributed by atoms with Crippen molar-refractivity contribution in [3.63, 3.8) is 0 Å². The smallest absolute Gasteiger partial charge is 0.223 e. The van der Waals surface area contributed by atoms with E-state index in [1.54, 1.807) is 0 Å². The summed E-state index contributed by atoms with van der Waals surface area (Å²) in [7, 11) is 0. The van der Waals surface area contributed by atoms with E-state index in [-0.39, 0.29) is 17.7 Å². The highest BCUT2D eigenvalue weighted by Gasteiger charge is 2.27. The van der Waals surface area contributed by atoms with Crippen LogP contribution in [0.3, 0.4) is 0 Å². The molecule has 144 valence electrons. The predicted octanol–water partition coefficient (Wildman–Crippen LogP) is 2.78. The summed E-state index contributed by atoms with van der Waals surface area (Å²) in [5, 5.41) is 6.89. The molecule has 0 bridgehead atoms. The Balaban J connectivity index is 1.41. The number of hydrogen-bond acceptors (Lipinski definition) is 4. The number of piperidine rings is 1. The Morgan fingerprint density at radius 1 is 1.19 bits per heavy atom. The van der Waals surface area contributed by atoms with Gasteiger partial charge in [0.15, 0.2) is 0 Å². The highest BCUT2D eigenvalue weighted by Crippen LogP contribution is 2.19. The van der Waals surface area contributed by atoms with Crippen molar-refractivity contribution in [2.45, 2.75) is 46.1 Å². The van der Waals surface area contributed by atoms with Crippen molar-refractivity contribution in [2.24, 2.45) is 5.92 Å². The average molecular weight is 369 g/mol. The van der Waals surface area contributed by atoms with E-state index in [4.69, 9.17) is 4.52 Å². The highest BCUT2D eigenvalue weighted by atomic mass is 16.5. The van der Waals surface area contributed by atoms with E-state index in [2.05, 4.69) is 10.5 Å². The molecule has 6 nitrogen and oxygen atoms in total. The third kappa shape index (κ3) is 4.96. The van der Waals surface area contributed by atoms with Crippen LogP contribution in [0, 0.1) is 19.8 Å². The molecule has 1 aromatic carbocycles. The van der Waals surface area contributed by atoms with Crippen LogP contribution >= 0.6 is 0 Å². The number of aryl methyl sites for hydroxylation is 3. The van der Waals surface area contributed by atoms with E-state index in [0.717, 1.165) is 23.4 Å². The van der Waals surface area contributed by atoms with Gasteiger partial charge in [-0.05, 0) is 38.7 Å². The normalized spacial score (nSPS) is 15.0. The van der Waals surface area contributed by atoms with Gasteiger partial charge in [0.05, 0.1) is 5.69 Å². The number of nitrogens with zero attached hydrogens (tertiary/aromatic N) is 2. The number of aromatic nitrogens is 1. The summed E-state index contributed by atoms with van der Waals surface area (Å²) in [5.74, 6) is 0.926. The van der Waals surface area contributed by atoms with Gasteiger partial charge in [0.25, 0.3) is 0 Å². The second kappa shape index (κ2) is 8.84. The number of amides is 2. The summed E-state index contributed by atoms with van der Waals surface area (Å²) < 4.78 is 5.12. The van der Waals surface area contributed by atoms with Crippen LogP contribution in [0.25, 0.3) is 0 Å². The Kier molecular flexibility index (Phi) is 6.27. The summed E-state index contributed by atoms with van der Waals surface area (Å²) in [6, 6.07) is 10.1. The summed E-state index contributed by atoms with van der Waals surface area (Å²) in [4.78, 5) is 26.7. The Bertz CT molecular complexity index is 758. The minimum atomic E-state index is -0.0383. The first-order chi connectivity index (χ1) is 13.0. The van der Waals surface area contributed by atoms with Gasteiger partial charge in [-0.1, -0.05) is 35.5 Å². The number of nitrogens with one attached hydrogen (secondary N) is 1. The number of carbonyl (C=O) groups excluding carboxylic acids is 2. The summed E-state index contributed by atoms with van der Waals surface area (Å²) in [6.07, 6.45) is 2.71. The third-order valence-electron chi connectivity index (χ3n) is 5.31. The number of likely N-dealkylation sites (tertiary alicyclic amines) is 1. The molecular formula is C21H27N3O3. The summed E-state index contributed by atoms with van der Waals surface area (Å²) in [6.45, 7) is 5.46. The second-order valence-electron chi connectivity index (χ2n) is 7.16. The molecule has 1 aromatic heterocycles. The van der Waals surface area contributed by atoms with Crippen LogP contribution < -0.4 is 5.32 Å². The van der Waals surface area contributed by atoms with Crippen molar-refractivity contribution in [3.05, 3.63) is 52.9 Å². The fourth-order valence-corrected chi connectivity index (χ4v) is 3.52. The average Bonchev–Trinajstić information content (AvgIpc) is 3.02. The standard InChI is InChI=1S/C21H27N3O3/c1-15-19(16(2)27-23-15)14-22-21(26)18-10-12-24(13-11-18)20(25)9-8-17-6-4-3-5-7-17/h3-7,18H,8-14H2,1-2H3,(H,22,26). The van der Waals surface area contributed by atoms with Crippen molar-refractivity contribution in [3.8, 4) is 0 Å². The maximum absolute atomic E-state index is 12.4. The van der Waals surface area contributed by atoms with Gasteiger partial charge in [0.1, 0.15) is 5.76 Å². The lowest BCUT2D eigenvalue weighted by Crippen LogP contribution is -2.43. The van der Waals surface area contributed by atoms with Crippen molar-refractivity contribution < 1.29 is 14.1 Å². The van der Waals surface area contributed by atoms with Gasteiger partial charge in [0.2, 0.25) is 11.8 Å². The fraction of sp³-hybridized carbons (Fsp3) is 0.476. The molecule has 1 saturated heterocycles. The maximum Gasteiger partial charge on any atom is 0.223 e. The zero-order valence-electron chi connectivity index (χ0n) is 16.0. The van der Waals surface area contributed by atoms with E-state index < -0.39 is 0 Å². The van der Waals surface area contributed by atoms with Gasteiger partial charge >= 0.3 is 0 Å². The second-order valence-corrected chi connectivity index (χ2v) is 7.16. The molecule has 2 amide bonds. The van der Waals surface area contributed by atoms with E-state index >= 15 is 0 Å². The number of hydrogen-bond donors (Lipinski definition) is 1. The lowest BCUT2D eigenvalue weighted by molar-refractivity contribution is -0.135. The quantitative estimate of drug-likeness (QED) is 0.850. The van der Waals surface area contributed by atoms with Gasteiger partial charge in [0, 0.05) is 37.5 Å². The molecule has 0 atom stereocenters. The molecule has 2 heterocycles. The molecule has 1 aliphatic rings. The molecule has 6 heteroatoms. The van der Waals surface area contributed by atoms with Gasteiger partial charge in [-0.25, -0.2) is 0 Å². The largest absolute Gasteiger partial charge is 0.361 e. The van der Waals surface area contributed by atoms with Crippen LogP contribution in [-0.2, 0) is 22.6 Å². The highest BCUT2D eigenvalue weighted by molar-refractivity contribution is 5.80. The van der Waals surface area contributed by atoms with Gasteiger partial charge < -0.3 is 14.7 Å². The lowest BCUT2D eigenvalue weighted by atomic mass is 9.95. The molecule has 0 radical (unpaired) electrons. The molecule has 0 aliphatic carbocycles. The van der Waals surface area contributed by atoms with E-state index in [0.29, 0.717) is 38.9 Å². The Hall–Kier alpha value is -2.63. The molecule has 1 N–H and O–H groups in total. The van der Waals surface area contributed by atoms with Crippen LogP contribution in [0.1, 0.15) is 41.8 Å². The Morgan fingerprint density at radius 2 is 1.89 bits per heavy atom. The Labute approximate surface area is 159 Å². The molecular weight excluding hydrogens is 342 g/mol. The zero-order chi connectivity index (χ0) is 19.2. The first-order valence-corrected chi connectivity index (χ1v) is 9.55. The number of benzene rings is 1. The van der Waals surface area contributed by atoms with Crippen LogP contribution in [0.5, 0.6) is 0 Å². The van der Waals surface area contributed by atoms with Crippen LogP contribution in [0.15, 0.2) is 34.9 Å². The molecule has 0 saturated carbocycles. The third-order valence-corrected chi connectivity index (χ3v) is 5.31. The molecule has 1 fully saturated rings. The first-order valence-electron chi connectivity index (χ1n) is 9.55. The van der Waals surface area contributed by atoms with Crippen molar-refractivity contribution in [1.29, 1.82) is 0 Å². The number of rotatable bonds is 6. The summed E-state index contributed by atoms with van der Waals surface area (Å²) >= 11 is 0. The van der Waals surface area contributed by atoms with Crippen molar-refractivity contribution in [2.75, 3.05) is 13.1 Å². The van der Waals surface area contributed by atoms with Gasteiger partial charge in [-0.3, -0.25) is 9.59 Å². The molecule has 0 unspecified atom stereocenters. The van der Waals surface area contributed by atoms with Crippen LogP contribution in [0.4, 0.5) is 0 Å². The molecule has 2 aromatic rings. The number of carbonyl (C=O) groups is 2. The summed E-state index contributed by atoms with van der Waals surface area (Å²) in [5.41, 5.74) is 2.93. The molecule has 3 rings (SSSR count). The topological polar surface area (TPSA) is 75.4 Å². The SMILES string of the molecule is Cc1noc(C)c1CNC(=O)C1CCN(C(=O)CCc2ccccc2)CC1. The lowest BCUT2D eigenvalue weighted by Gasteiger charge is -2.31. The maximum atomic E-state index is 12.4. The predicted molar refractivity (Wildman–Crippen MR) is 102 cm³/mol. The molecule has 1 aliphatic heterocycles. The van der Waals surface area contributed by atoms with Crippen LogP contribution in [0.2, 0.25) is 0 Å². The minimum absolute atomic E-state index is 0.0383. The first kappa shape index (κ1) is 19.1. The molecule has 0 spiro atoms. The van der Waals surface area contributed by atoms with Gasteiger partial charge in [-0.15, -0.1) is 0 Å². The minimum Gasteiger partial charge on any atom is -0.361 e. The van der Waals surface area contributed by atoms with Gasteiger partial charge in [-0.2, -0.15) is 0 Å². The monoisotopic (exact) mass is 369 g/mol. The zero-order valence-corrected chi connectivity index (χ0v) is 16.0. The van der Waals surface area contributed by atoms with E-state index in [9.17, 15) is 9.59 Å². The van der Waals surface area contributed by atoms with Crippen LogP contribution in [-0.4, -0.2) is 35.0 Å². The molecule has 27 heavy (non-hydrogen) atoms. The van der Waals surface area contributed by atoms with E-state index in [1.165, 1.54) is 5.56 Å². The van der Waals surface area contributed by atoms with Crippen molar-refractivity contribution in [1.82, 2.24) is 15.4 Å². The fourth-order valence-electron chi connectivity index (χ4n) is 3.52. The van der Waals surface area contributed by atoms with E-state index in [1.807, 2.05) is 49.1 Å². The Morgan fingerprint density at radius 3 is 2.52 bits per heavy atom. The van der Waals surface area contributed by atoms with Crippen molar-refractivity contribution >= 4 is 11.8 Å².